The lowest BCUT2D eigenvalue weighted by molar-refractivity contribution is 0.145. The molecule has 4 nitrogen and oxygen atoms in total. The fraction of sp³-hybridized carbons (Fsp3) is 0.824. The highest BCUT2D eigenvalue weighted by Crippen LogP contribution is 2.32. The van der Waals surface area contributed by atoms with Crippen molar-refractivity contribution < 1.29 is 0 Å². The zero-order valence-electron chi connectivity index (χ0n) is 14.0. The van der Waals surface area contributed by atoms with E-state index in [1.165, 1.54) is 38.0 Å². The predicted molar refractivity (Wildman–Crippen MR) is 86.3 cm³/mol. The van der Waals surface area contributed by atoms with Gasteiger partial charge < -0.3 is 0 Å². The first kappa shape index (κ1) is 15.0. The minimum Gasteiger partial charge on any atom is -0.296 e. The molecule has 2 fully saturated rings. The standard InChI is InChI=1S/C17H30N4/c1-13(2)20-10-7-15(18-20)11-19-9-8-16-5-6-17(12-19)21(16)14(3)4/h7,10,13-14,16-17H,5-6,8-9,11-12H2,1-4H3. The topological polar surface area (TPSA) is 24.3 Å². The van der Waals surface area contributed by atoms with Gasteiger partial charge in [0.15, 0.2) is 0 Å². The molecular formula is C17H30N4. The average Bonchev–Trinajstić information content (AvgIpc) is 2.96. The van der Waals surface area contributed by atoms with Crippen molar-refractivity contribution in [3.63, 3.8) is 0 Å². The summed E-state index contributed by atoms with van der Waals surface area (Å²) >= 11 is 0. The van der Waals surface area contributed by atoms with Crippen LogP contribution < -0.4 is 0 Å². The molecule has 1 aromatic rings. The molecule has 2 atom stereocenters. The lowest BCUT2D eigenvalue weighted by Gasteiger charge is -2.32. The Hall–Kier alpha value is -0.870. The Labute approximate surface area is 129 Å². The first-order valence-electron chi connectivity index (χ1n) is 8.58. The van der Waals surface area contributed by atoms with Crippen LogP contribution in [-0.4, -0.2) is 50.8 Å². The molecule has 118 valence electrons. The first-order chi connectivity index (χ1) is 10.0. The molecule has 0 radical (unpaired) electrons. The van der Waals surface area contributed by atoms with Crippen molar-refractivity contribution in [1.29, 1.82) is 0 Å². The van der Waals surface area contributed by atoms with Crippen LogP contribution in [0.25, 0.3) is 0 Å². The Morgan fingerprint density at radius 1 is 1.10 bits per heavy atom. The quantitative estimate of drug-likeness (QED) is 0.852. The van der Waals surface area contributed by atoms with Crippen LogP contribution in [0.5, 0.6) is 0 Å². The maximum atomic E-state index is 4.71. The minimum absolute atomic E-state index is 0.454. The molecule has 2 saturated heterocycles. The predicted octanol–water partition coefficient (Wildman–Crippen LogP) is 2.91. The van der Waals surface area contributed by atoms with E-state index < -0.39 is 0 Å². The third-order valence-electron chi connectivity index (χ3n) is 5.10. The molecule has 0 aliphatic carbocycles. The molecule has 3 heterocycles. The van der Waals surface area contributed by atoms with Crippen LogP contribution in [0.1, 0.15) is 58.7 Å². The van der Waals surface area contributed by atoms with E-state index in [2.05, 4.69) is 54.4 Å². The third kappa shape index (κ3) is 3.16. The normalized spacial score (nSPS) is 27.7. The van der Waals surface area contributed by atoms with Crippen molar-refractivity contribution >= 4 is 0 Å². The molecule has 0 N–H and O–H groups in total. The summed E-state index contributed by atoms with van der Waals surface area (Å²) < 4.78 is 2.07. The van der Waals surface area contributed by atoms with Crippen molar-refractivity contribution in [2.75, 3.05) is 13.1 Å². The monoisotopic (exact) mass is 290 g/mol. The molecule has 0 spiro atoms. The smallest absolute Gasteiger partial charge is 0.0764 e. The Kier molecular flexibility index (Phi) is 4.36. The van der Waals surface area contributed by atoms with Crippen LogP contribution in [0.2, 0.25) is 0 Å². The maximum Gasteiger partial charge on any atom is 0.0764 e. The van der Waals surface area contributed by atoms with Gasteiger partial charge in [0.05, 0.1) is 5.69 Å². The molecule has 21 heavy (non-hydrogen) atoms. The largest absolute Gasteiger partial charge is 0.296 e. The van der Waals surface area contributed by atoms with Crippen molar-refractivity contribution in [3.8, 4) is 0 Å². The molecule has 0 amide bonds. The summed E-state index contributed by atoms with van der Waals surface area (Å²) in [6.45, 7) is 12.5. The van der Waals surface area contributed by atoms with Gasteiger partial charge in [-0.3, -0.25) is 14.5 Å². The van der Waals surface area contributed by atoms with Crippen molar-refractivity contribution in [2.24, 2.45) is 0 Å². The van der Waals surface area contributed by atoms with E-state index in [-0.39, 0.29) is 0 Å². The Morgan fingerprint density at radius 2 is 1.86 bits per heavy atom. The molecule has 4 heteroatoms. The summed E-state index contributed by atoms with van der Waals surface area (Å²) in [5, 5.41) is 4.71. The van der Waals surface area contributed by atoms with E-state index in [1.807, 2.05) is 0 Å². The molecule has 3 rings (SSSR count). The van der Waals surface area contributed by atoms with Gasteiger partial charge in [0.25, 0.3) is 0 Å². The number of fused-ring (bicyclic) bond motifs is 2. The number of rotatable bonds is 4. The van der Waals surface area contributed by atoms with Crippen LogP contribution in [0, 0.1) is 0 Å². The van der Waals surface area contributed by atoms with Gasteiger partial charge >= 0.3 is 0 Å². The number of nitrogens with zero attached hydrogens (tertiary/aromatic N) is 4. The molecule has 2 unspecified atom stereocenters. The van der Waals surface area contributed by atoms with Gasteiger partial charge in [-0.2, -0.15) is 5.10 Å². The molecule has 1 aromatic heterocycles. The minimum atomic E-state index is 0.454. The van der Waals surface area contributed by atoms with Crippen molar-refractivity contribution in [3.05, 3.63) is 18.0 Å². The van der Waals surface area contributed by atoms with Crippen molar-refractivity contribution in [1.82, 2.24) is 19.6 Å². The summed E-state index contributed by atoms with van der Waals surface area (Å²) in [5.41, 5.74) is 1.22. The summed E-state index contributed by atoms with van der Waals surface area (Å²) in [5.74, 6) is 0. The average molecular weight is 290 g/mol. The molecular weight excluding hydrogens is 260 g/mol. The Balaban J connectivity index is 1.65. The van der Waals surface area contributed by atoms with E-state index >= 15 is 0 Å². The lowest BCUT2D eigenvalue weighted by atomic mass is 10.1. The van der Waals surface area contributed by atoms with Crippen molar-refractivity contribution in [2.45, 2.75) is 77.7 Å². The highest BCUT2D eigenvalue weighted by Gasteiger charge is 2.38. The van der Waals surface area contributed by atoms with E-state index in [0.29, 0.717) is 12.1 Å². The first-order valence-corrected chi connectivity index (χ1v) is 8.58. The second kappa shape index (κ2) is 6.09. The fourth-order valence-corrected chi connectivity index (χ4v) is 4.15. The lowest BCUT2D eigenvalue weighted by Crippen LogP contribution is -2.43. The molecule has 2 bridgehead atoms. The summed E-state index contributed by atoms with van der Waals surface area (Å²) in [7, 11) is 0. The van der Waals surface area contributed by atoms with E-state index in [0.717, 1.165) is 18.6 Å². The van der Waals surface area contributed by atoms with Gasteiger partial charge in [-0.25, -0.2) is 0 Å². The van der Waals surface area contributed by atoms with Gasteiger partial charge in [-0.05, 0) is 53.0 Å². The number of hydrogen-bond acceptors (Lipinski definition) is 3. The van der Waals surface area contributed by atoms with E-state index in [4.69, 9.17) is 5.10 Å². The highest BCUT2D eigenvalue weighted by atomic mass is 15.3. The summed E-state index contributed by atoms with van der Waals surface area (Å²) in [6, 6.07) is 4.89. The molecule has 2 aliphatic rings. The zero-order valence-corrected chi connectivity index (χ0v) is 14.0. The fourth-order valence-electron chi connectivity index (χ4n) is 4.15. The molecule has 0 aromatic carbocycles. The Bertz CT molecular complexity index is 465. The van der Waals surface area contributed by atoms with Crippen LogP contribution >= 0.6 is 0 Å². The second-order valence-electron chi connectivity index (χ2n) is 7.33. The molecule has 2 aliphatic heterocycles. The Morgan fingerprint density at radius 3 is 2.52 bits per heavy atom. The van der Waals surface area contributed by atoms with Crippen LogP contribution in [-0.2, 0) is 6.54 Å². The summed E-state index contributed by atoms with van der Waals surface area (Å²) in [4.78, 5) is 5.39. The van der Waals surface area contributed by atoms with Gasteiger partial charge in [-0.15, -0.1) is 0 Å². The van der Waals surface area contributed by atoms with Gasteiger partial charge in [0.2, 0.25) is 0 Å². The number of aromatic nitrogens is 2. The third-order valence-corrected chi connectivity index (χ3v) is 5.10. The van der Waals surface area contributed by atoms with Gasteiger partial charge in [-0.1, -0.05) is 0 Å². The van der Waals surface area contributed by atoms with Crippen LogP contribution in [0.4, 0.5) is 0 Å². The number of likely N-dealkylation sites (tertiary alicyclic amines) is 1. The second-order valence-corrected chi connectivity index (χ2v) is 7.33. The van der Waals surface area contributed by atoms with Crippen LogP contribution in [0.15, 0.2) is 12.3 Å². The van der Waals surface area contributed by atoms with E-state index in [9.17, 15) is 0 Å². The van der Waals surface area contributed by atoms with Gasteiger partial charge in [0.1, 0.15) is 0 Å². The molecule has 0 saturated carbocycles. The maximum absolute atomic E-state index is 4.71. The van der Waals surface area contributed by atoms with Gasteiger partial charge in [0, 0.05) is 50.0 Å². The number of hydrogen-bond donors (Lipinski definition) is 0. The zero-order chi connectivity index (χ0) is 15.0. The van der Waals surface area contributed by atoms with Crippen LogP contribution in [0.3, 0.4) is 0 Å². The van der Waals surface area contributed by atoms with E-state index in [1.54, 1.807) is 0 Å². The summed E-state index contributed by atoms with van der Waals surface area (Å²) in [6.07, 6.45) is 6.21. The highest BCUT2D eigenvalue weighted by molar-refractivity contribution is 5.01. The SMILES string of the molecule is CC(C)N1C2CCC1CN(Cc1ccn(C(C)C)n1)CC2.